The summed E-state index contributed by atoms with van der Waals surface area (Å²) in [4.78, 5) is 16.4. The first-order valence-corrected chi connectivity index (χ1v) is 7.63. The number of thiazole rings is 1. The maximum atomic E-state index is 12.2. The Bertz CT molecular complexity index is 844. The number of aromatic amines is 1. The van der Waals surface area contributed by atoms with Gasteiger partial charge < -0.3 is 0 Å². The van der Waals surface area contributed by atoms with Gasteiger partial charge in [-0.15, -0.1) is 11.3 Å². The van der Waals surface area contributed by atoms with Crippen molar-refractivity contribution in [1.29, 1.82) is 0 Å². The minimum atomic E-state index is -0.257. The first kappa shape index (κ1) is 14.5. The zero-order chi connectivity index (χ0) is 15.9. The van der Waals surface area contributed by atoms with Crippen LogP contribution in [0.5, 0.6) is 0 Å². The Morgan fingerprint density at radius 2 is 2.14 bits per heavy atom. The number of hydrogen-bond acceptors (Lipinski definition) is 5. The highest BCUT2D eigenvalue weighted by Gasteiger charge is 2.17. The number of nitrogens with one attached hydrogen (secondary N) is 2. The molecule has 0 unspecified atom stereocenters. The molecular weight excluding hydrogens is 300 g/mol. The van der Waals surface area contributed by atoms with Gasteiger partial charge in [0, 0.05) is 23.7 Å². The summed E-state index contributed by atoms with van der Waals surface area (Å²) in [5.41, 5.74) is 4.82. The van der Waals surface area contributed by atoms with Gasteiger partial charge in [-0.2, -0.15) is 10.2 Å². The maximum Gasteiger partial charge on any atom is 0.275 e. The second-order valence-corrected chi connectivity index (χ2v) is 5.94. The molecule has 8 heteroatoms. The van der Waals surface area contributed by atoms with Crippen molar-refractivity contribution in [3.8, 4) is 11.3 Å². The Hall–Kier alpha value is -2.48. The summed E-state index contributed by atoms with van der Waals surface area (Å²) in [6, 6.07) is 1.73. The van der Waals surface area contributed by atoms with Crippen LogP contribution in [-0.4, -0.2) is 30.9 Å². The molecule has 3 aromatic heterocycles. The molecule has 0 aliphatic heterocycles. The van der Waals surface area contributed by atoms with Crippen molar-refractivity contribution >= 4 is 22.4 Å². The largest absolute Gasteiger partial charge is 0.297 e. The van der Waals surface area contributed by atoms with Gasteiger partial charge in [-0.1, -0.05) is 0 Å². The zero-order valence-electron chi connectivity index (χ0n) is 12.8. The normalized spacial score (nSPS) is 10.9. The molecule has 0 radical (unpaired) electrons. The van der Waals surface area contributed by atoms with Gasteiger partial charge in [-0.3, -0.25) is 19.9 Å². The molecule has 0 atom stereocenters. The number of anilines is 1. The molecule has 3 heterocycles. The number of rotatable bonds is 3. The molecule has 0 saturated carbocycles. The Balaban J connectivity index is 1.85. The molecule has 0 spiro atoms. The van der Waals surface area contributed by atoms with E-state index in [1.54, 1.807) is 10.7 Å². The third kappa shape index (κ3) is 2.52. The quantitative estimate of drug-likeness (QED) is 0.777. The Labute approximate surface area is 131 Å². The molecule has 2 N–H and O–H groups in total. The molecule has 3 aromatic rings. The summed E-state index contributed by atoms with van der Waals surface area (Å²) < 4.78 is 1.80. The summed E-state index contributed by atoms with van der Waals surface area (Å²) >= 11 is 1.39. The minimum Gasteiger partial charge on any atom is -0.297 e. The van der Waals surface area contributed by atoms with Crippen LogP contribution in [0.3, 0.4) is 0 Å². The molecular formula is C14H16N6OS. The summed E-state index contributed by atoms with van der Waals surface area (Å²) in [5, 5.41) is 16.6. The van der Waals surface area contributed by atoms with Crippen LogP contribution in [0.25, 0.3) is 11.3 Å². The van der Waals surface area contributed by atoms with E-state index in [2.05, 4.69) is 25.6 Å². The van der Waals surface area contributed by atoms with Crippen LogP contribution in [0.4, 0.5) is 5.13 Å². The lowest BCUT2D eigenvalue weighted by Crippen LogP contribution is -2.12. The number of nitrogens with zero attached hydrogens (tertiary/aromatic N) is 4. The SMILES string of the molecule is Cc1csc(NC(=O)c2cc(-c3c(C)nn(C)c3C)n[nH]2)n1. The molecule has 0 fully saturated rings. The van der Waals surface area contributed by atoms with Gasteiger partial charge in [0.15, 0.2) is 5.13 Å². The third-order valence-corrected chi connectivity index (χ3v) is 4.30. The van der Waals surface area contributed by atoms with Gasteiger partial charge in [0.05, 0.1) is 17.1 Å². The molecule has 1 amide bonds. The lowest BCUT2D eigenvalue weighted by molar-refractivity contribution is 0.102. The molecule has 22 heavy (non-hydrogen) atoms. The first-order chi connectivity index (χ1) is 10.5. The van der Waals surface area contributed by atoms with E-state index in [1.165, 1.54) is 11.3 Å². The zero-order valence-corrected chi connectivity index (χ0v) is 13.6. The van der Waals surface area contributed by atoms with Crippen LogP contribution < -0.4 is 5.32 Å². The number of hydrogen-bond donors (Lipinski definition) is 2. The van der Waals surface area contributed by atoms with Crippen LogP contribution in [-0.2, 0) is 7.05 Å². The van der Waals surface area contributed by atoms with Crippen LogP contribution in [0.2, 0.25) is 0 Å². The Kier molecular flexibility index (Phi) is 3.53. The average molecular weight is 316 g/mol. The number of aryl methyl sites for hydroxylation is 3. The molecule has 0 aliphatic rings. The van der Waals surface area contributed by atoms with E-state index in [4.69, 9.17) is 0 Å². The van der Waals surface area contributed by atoms with Gasteiger partial charge in [0.2, 0.25) is 0 Å². The second kappa shape index (κ2) is 5.38. The highest BCUT2D eigenvalue weighted by Crippen LogP contribution is 2.25. The fourth-order valence-corrected chi connectivity index (χ4v) is 2.97. The minimum absolute atomic E-state index is 0.257. The number of aromatic nitrogens is 5. The van der Waals surface area contributed by atoms with Gasteiger partial charge in [-0.25, -0.2) is 4.98 Å². The van der Waals surface area contributed by atoms with Gasteiger partial charge in [0.1, 0.15) is 5.69 Å². The molecule has 7 nitrogen and oxygen atoms in total. The van der Waals surface area contributed by atoms with Crippen LogP contribution >= 0.6 is 11.3 Å². The highest BCUT2D eigenvalue weighted by molar-refractivity contribution is 7.13. The smallest absolute Gasteiger partial charge is 0.275 e. The Morgan fingerprint density at radius 3 is 2.73 bits per heavy atom. The summed E-state index contributed by atoms with van der Waals surface area (Å²) in [7, 11) is 1.89. The molecule has 0 saturated heterocycles. The predicted molar refractivity (Wildman–Crippen MR) is 85.1 cm³/mol. The van der Waals surface area contributed by atoms with Crippen molar-refractivity contribution in [2.75, 3.05) is 5.32 Å². The predicted octanol–water partition coefficient (Wildman–Crippen LogP) is 2.44. The molecule has 0 bridgehead atoms. The fourth-order valence-electron chi connectivity index (χ4n) is 2.29. The number of H-pyrrole nitrogens is 1. The van der Waals surface area contributed by atoms with Crippen molar-refractivity contribution < 1.29 is 4.79 Å². The Morgan fingerprint density at radius 1 is 1.36 bits per heavy atom. The van der Waals surface area contributed by atoms with Gasteiger partial charge in [-0.05, 0) is 26.8 Å². The van der Waals surface area contributed by atoms with E-state index < -0.39 is 0 Å². The first-order valence-electron chi connectivity index (χ1n) is 6.75. The monoisotopic (exact) mass is 316 g/mol. The second-order valence-electron chi connectivity index (χ2n) is 5.08. The van der Waals surface area contributed by atoms with Crippen molar-refractivity contribution in [2.24, 2.45) is 7.05 Å². The lowest BCUT2D eigenvalue weighted by atomic mass is 10.1. The van der Waals surface area contributed by atoms with Crippen LogP contribution in [0.15, 0.2) is 11.4 Å². The number of carbonyl (C=O) groups is 1. The number of carbonyl (C=O) groups excluding carboxylic acids is 1. The lowest BCUT2D eigenvalue weighted by Gasteiger charge is -1.97. The van der Waals surface area contributed by atoms with E-state index in [0.29, 0.717) is 16.5 Å². The van der Waals surface area contributed by atoms with E-state index in [0.717, 1.165) is 22.6 Å². The highest BCUT2D eigenvalue weighted by atomic mass is 32.1. The summed E-state index contributed by atoms with van der Waals surface area (Å²) in [6.07, 6.45) is 0. The summed E-state index contributed by atoms with van der Waals surface area (Å²) in [5.74, 6) is -0.257. The molecule has 3 rings (SSSR count). The van der Waals surface area contributed by atoms with E-state index >= 15 is 0 Å². The standard InChI is InChI=1S/C14H16N6OS/c1-7-6-22-14(15-7)16-13(21)11-5-10(17-18-11)12-8(2)19-20(4)9(12)3/h5-6H,1-4H3,(H,17,18)(H,15,16,21). The number of amides is 1. The van der Waals surface area contributed by atoms with E-state index in [-0.39, 0.29) is 5.91 Å². The van der Waals surface area contributed by atoms with Crippen molar-refractivity contribution in [3.05, 3.63) is 34.2 Å². The molecule has 0 aliphatic carbocycles. The van der Waals surface area contributed by atoms with Gasteiger partial charge in [0.25, 0.3) is 5.91 Å². The van der Waals surface area contributed by atoms with Crippen molar-refractivity contribution in [1.82, 2.24) is 25.0 Å². The average Bonchev–Trinajstić information content (AvgIpc) is 3.13. The summed E-state index contributed by atoms with van der Waals surface area (Å²) in [6.45, 7) is 5.78. The van der Waals surface area contributed by atoms with Crippen molar-refractivity contribution in [3.63, 3.8) is 0 Å². The van der Waals surface area contributed by atoms with E-state index in [9.17, 15) is 4.79 Å². The van der Waals surface area contributed by atoms with Crippen molar-refractivity contribution in [2.45, 2.75) is 20.8 Å². The fraction of sp³-hybridized carbons (Fsp3) is 0.286. The topological polar surface area (TPSA) is 88.5 Å². The maximum absolute atomic E-state index is 12.2. The molecule has 114 valence electrons. The van der Waals surface area contributed by atoms with Crippen LogP contribution in [0, 0.1) is 20.8 Å². The van der Waals surface area contributed by atoms with Crippen LogP contribution in [0.1, 0.15) is 27.6 Å². The third-order valence-electron chi connectivity index (χ3n) is 3.43. The van der Waals surface area contributed by atoms with Gasteiger partial charge >= 0.3 is 0 Å². The molecule has 0 aromatic carbocycles. The van der Waals surface area contributed by atoms with E-state index in [1.807, 2.05) is 33.2 Å².